The highest BCUT2D eigenvalue weighted by atomic mass is 32.2. The summed E-state index contributed by atoms with van der Waals surface area (Å²) in [4.78, 5) is 21.0. The summed E-state index contributed by atoms with van der Waals surface area (Å²) in [6.45, 7) is 6.74. The van der Waals surface area contributed by atoms with Crippen molar-refractivity contribution < 1.29 is 14.6 Å². The van der Waals surface area contributed by atoms with Crippen LogP contribution in [0.1, 0.15) is 37.5 Å². The first kappa shape index (κ1) is 25.8. The highest BCUT2D eigenvalue weighted by Crippen LogP contribution is 2.36. The Balaban J connectivity index is 0.000000656. The number of hydrogen-bond acceptors (Lipinski definition) is 7. The number of hydrogen-bond donors (Lipinski definition) is 2. The highest BCUT2D eigenvalue weighted by molar-refractivity contribution is 7.98. The number of thioether (sulfide) groups is 1. The molecule has 30 heavy (non-hydrogen) atoms. The summed E-state index contributed by atoms with van der Waals surface area (Å²) < 4.78 is 0. The predicted octanol–water partition coefficient (Wildman–Crippen LogP) is 3.69. The van der Waals surface area contributed by atoms with Crippen molar-refractivity contribution in [1.82, 2.24) is 5.01 Å². The van der Waals surface area contributed by atoms with Gasteiger partial charge in [0, 0.05) is 29.8 Å². The van der Waals surface area contributed by atoms with Crippen molar-refractivity contribution in [2.75, 3.05) is 25.7 Å². The van der Waals surface area contributed by atoms with E-state index in [9.17, 15) is 4.79 Å². The Morgan fingerprint density at radius 2 is 1.83 bits per heavy atom. The molecule has 0 radical (unpaired) electrons. The molecule has 0 aliphatic carbocycles. The largest absolute Gasteiger partial charge is 0.337 e. The van der Waals surface area contributed by atoms with Crippen LogP contribution in [-0.2, 0) is 28.3 Å². The van der Waals surface area contributed by atoms with Gasteiger partial charge in [0.2, 0.25) is 6.41 Å². The van der Waals surface area contributed by atoms with Crippen molar-refractivity contribution in [1.29, 1.82) is 0 Å². The molecule has 4 N–H and O–H groups in total. The number of carbonyl (C=O) groups is 1. The maximum absolute atomic E-state index is 9.54. The van der Waals surface area contributed by atoms with Crippen molar-refractivity contribution in [3.8, 4) is 5.75 Å². The maximum Gasteiger partial charge on any atom is 0.223 e. The Morgan fingerprint density at radius 1 is 1.10 bits per heavy atom. The summed E-state index contributed by atoms with van der Waals surface area (Å²) in [5, 5.41) is 2.68. The second-order valence-electron chi connectivity index (χ2n) is 6.49. The van der Waals surface area contributed by atoms with E-state index < -0.39 is 0 Å². The molecule has 0 fully saturated rings. The van der Waals surface area contributed by atoms with E-state index in [0.29, 0.717) is 18.7 Å². The van der Waals surface area contributed by atoms with Crippen molar-refractivity contribution in [3.63, 3.8) is 0 Å². The molecule has 7 nitrogen and oxygen atoms in total. The molecule has 0 saturated carbocycles. The molecular formula is C22H34N4O3S. The Hall–Kier alpha value is -2.26. The minimum atomic E-state index is 0.573. The molecule has 0 atom stereocenters. The standard InChI is InChI=1S/C19H26N2O2S.C3H8N2O/c1-5-14-10-11-15(6-2)19(12-14)24-13-16-17(21(3)20)8-7-9-18(16)23-22-4;1-2-5(4)3-6/h7-12H,5-6,13,20H2,1-4H3;3H,2,4H2,1H3. The molecule has 0 bridgehead atoms. The number of nitrogens with two attached hydrogens (primary N) is 2. The molecule has 1 amide bonds. The molecule has 0 aromatic heterocycles. The van der Waals surface area contributed by atoms with Gasteiger partial charge in [0.05, 0.1) is 12.8 Å². The van der Waals surface area contributed by atoms with Crippen LogP contribution in [0.5, 0.6) is 5.75 Å². The van der Waals surface area contributed by atoms with Gasteiger partial charge in [0.15, 0.2) is 5.75 Å². The molecule has 166 valence electrons. The number of benzene rings is 2. The monoisotopic (exact) mass is 434 g/mol. The van der Waals surface area contributed by atoms with Gasteiger partial charge >= 0.3 is 0 Å². The number of amides is 1. The molecule has 0 aliphatic heterocycles. The molecular weight excluding hydrogens is 400 g/mol. The summed E-state index contributed by atoms with van der Waals surface area (Å²) in [6.07, 6.45) is 2.64. The number of anilines is 1. The van der Waals surface area contributed by atoms with E-state index in [0.717, 1.165) is 34.9 Å². The molecule has 0 heterocycles. The fraction of sp³-hybridized carbons (Fsp3) is 0.409. The Morgan fingerprint density at radius 3 is 2.33 bits per heavy atom. The van der Waals surface area contributed by atoms with E-state index >= 15 is 0 Å². The van der Waals surface area contributed by atoms with Crippen LogP contribution in [-0.4, -0.2) is 32.1 Å². The zero-order chi connectivity index (χ0) is 22.5. The number of aryl methyl sites for hydroxylation is 2. The lowest BCUT2D eigenvalue weighted by Crippen LogP contribution is -2.28. The smallest absolute Gasteiger partial charge is 0.223 e. The second kappa shape index (κ2) is 13.9. The first-order valence-electron chi connectivity index (χ1n) is 9.93. The van der Waals surface area contributed by atoms with Crippen molar-refractivity contribution >= 4 is 23.9 Å². The van der Waals surface area contributed by atoms with E-state index in [2.05, 4.69) is 32.0 Å². The van der Waals surface area contributed by atoms with Crippen LogP contribution in [0.4, 0.5) is 5.69 Å². The van der Waals surface area contributed by atoms with Gasteiger partial charge in [-0.2, -0.15) is 4.89 Å². The number of carbonyl (C=O) groups excluding carboxylic acids is 1. The van der Waals surface area contributed by atoms with Gasteiger partial charge in [-0.3, -0.25) is 9.80 Å². The number of rotatable bonds is 10. The lowest BCUT2D eigenvalue weighted by molar-refractivity contribution is -0.178. The Labute approximate surface area is 184 Å². The van der Waals surface area contributed by atoms with Gasteiger partial charge in [-0.05, 0) is 49.1 Å². The van der Waals surface area contributed by atoms with Gasteiger partial charge in [-0.1, -0.05) is 32.0 Å². The molecule has 0 aliphatic rings. The lowest BCUT2D eigenvalue weighted by atomic mass is 10.1. The molecule has 0 spiro atoms. The number of hydrazine groups is 2. The number of nitrogens with zero attached hydrogens (tertiary/aromatic N) is 2. The van der Waals surface area contributed by atoms with Crippen molar-refractivity contribution in [2.24, 2.45) is 11.7 Å². The summed E-state index contributed by atoms with van der Waals surface area (Å²) in [7, 11) is 3.34. The van der Waals surface area contributed by atoms with Crippen LogP contribution in [0.2, 0.25) is 0 Å². The van der Waals surface area contributed by atoms with Gasteiger partial charge < -0.3 is 9.90 Å². The van der Waals surface area contributed by atoms with Crippen molar-refractivity contribution in [3.05, 3.63) is 53.1 Å². The molecule has 0 unspecified atom stereocenters. The summed E-state index contributed by atoms with van der Waals surface area (Å²) >= 11 is 1.81. The van der Waals surface area contributed by atoms with Gasteiger partial charge in [-0.25, -0.2) is 11.7 Å². The van der Waals surface area contributed by atoms with E-state index in [1.165, 1.54) is 23.1 Å². The fourth-order valence-corrected chi connectivity index (χ4v) is 3.89. The Kier molecular flexibility index (Phi) is 11.9. The van der Waals surface area contributed by atoms with E-state index in [1.54, 1.807) is 11.9 Å². The SMILES string of the molecule is CCN(N)C=O.CCc1ccc(CC)c(SCc2c(OOC)cccc2N(C)N)c1. The normalized spacial score (nSPS) is 10.1. The molecule has 2 aromatic rings. The van der Waals surface area contributed by atoms with Crippen LogP contribution >= 0.6 is 11.8 Å². The first-order chi connectivity index (χ1) is 14.4. The quantitative estimate of drug-likeness (QED) is 0.147. The van der Waals surface area contributed by atoms with Crippen molar-refractivity contribution in [2.45, 2.75) is 44.3 Å². The average Bonchev–Trinajstić information content (AvgIpc) is 2.77. The molecule has 2 rings (SSSR count). The fourth-order valence-electron chi connectivity index (χ4n) is 2.67. The third-order valence-corrected chi connectivity index (χ3v) is 5.58. The minimum absolute atomic E-state index is 0.573. The Bertz CT molecular complexity index is 787. The molecule has 2 aromatic carbocycles. The van der Waals surface area contributed by atoms with E-state index in [1.807, 2.05) is 37.0 Å². The van der Waals surface area contributed by atoms with Crippen LogP contribution in [0.15, 0.2) is 41.3 Å². The summed E-state index contributed by atoms with van der Waals surface area (Å²) in [5.74, 6) is 12.4. The predicted molar refractivity (Wildman–Crippen MR) is 124 cm³/mol. The van der Waals surface area contributed by atoms with Gasteiger partial charge in [0.1, 0.15) is 0 Å². The molecule has 8 heteroatoms. The maximum atomic E-state index is 9.54. The lowest BCUT2D eigenvalue weighted by Gasteiger charge is -2.19. The third-order valence-electron chi connectivity index (χ3n) is 4.45. The first-order valence-corrected chi connectivity index (χ1v) is 10.9. The highest BCUT2D eigenvalue weighted by Gasteiger charge is 2.14. The van der Waals surface area contributed by atoms with Gasteiger partial charge in [0.25, 0.3) is 0 Å². The molecule has 0 saturated heterocycles. The average molecular weight is 435 g/mol. The third kappa shape index (κ3) is 7.87. The van der Waals surface area contributed by atoms with E-state index in [-0.39, 0.29) is 0 Å². The summed E-state index contributed by atoms with van der Waals surface area (Å²) in [5.41, 5.74) is 4.68. The summed E-state index contributed by atoms with van der Waals surface area (Å²) in [6, 6.07) is 12.5. The van der Waals surface area contributed by atoms with E-state index in [4.69, 9.17) is 21.5 Å². The van der Waals surface area contributed by atoms with Crippen LogP contribution in [0.25, 0.3) is 0 Å². The van der Waals surface area contributed by atoms with Gasteiger partial charge in [-0.15, -0.1) is 11.8 Å². The van der Waals surface area contributed by atoms with Crippen LogP contribution in [0, 0.1) is 0 Å². The zero-order valence-electron chi connectivity index (χ0n) is 18.6. The minimum Gasteiger partial charge on any atom is -0.337 e. The topological polar surface area (TPSA) is 94.0 Å². The zero-order valence-corrected chi connectivity index (χ0v) is 19.4. The van der Waals surface area contributed by atoms with Crippen LogP contribution < -0.4 is 21.6 Å². The second-order valence-corrected chi connectivity index (χ2v) is 7.51. The van der Waals surface area contributed by atoms with Crippen LogP contribution in [0.3, 0.4) is 0 Å².